The fraction of sp³-hybridized carbons (Fsp3) is 0.545. The minimum absolute atomic E-state index is 0.177. The zero-order valence-electron chi connectivity index (χ0n) is 9.33. The molecule has 84 valence electrons. The van der Waals surface area contributed by atoms with Gasteiger partial charge >= 0.3 is 0 Å². The number of anilines is 1. The molecule has 0 aliphatic carbocycles. The Bertz CT molecular complexity index is 304. The van der Waals surface area contributed by atoms with Crippen molar-refractivity contribution in [2.75, 3.05) is 12.4 Å². The first-order valence-electron chi connectivity index (χ1n) is 5.02. The van der Waals surface area contributed by atoms with E-state index < -0.39 is 0 Å². The molecule has 0 amide bonds. The Morgan fingerprint density at radius 2 is 2.27 bits per heavy atom. The van der Waals surface area contributed by atoms with Crippen LogP contribution in [-0.2, 0) is 0 Å². The highest BCUT2D eigenvalue weighted by atomic mass is 35.5. The molecule has 0 aliphatic rings. The molecule has 1 rings (SSSR count). The van der Waals surface area contributed by atoms with Crippen molar-refractivity contribution in [3.8, 4) is 5.88 Å². The van der Waals surface area contributed by atoms with Gasteiger partial charge in [0.15, 0.2) is 0 Å². The molecule has 2 unspecified atom stereocenters. The summed E-state index contributed by atoms with van der Waals surface area (Å²) >= 11 is 5.92. The Morgan fingerprint density at radius 3 is 2.87 bits per heavy atom. The van der Waals surface area contributed by atoms with Gasteiger partial charge in [-0.2, -0.15) is 0 Å². The van der Waals surface area contributed by atoms with Gasteiger partial charge in [-0.15, -0.1) is 11.6 Å². The van der Waals surface area contributed by atoms with E-state index in [1.165, 1.54) is 0 Å². The third-order valence-electron chi connectivity index (χ3n) is 2.04. The minimum atomic E-state index is 0.177. The lowest BCUT2D eigenvalue weighted by Gasteiger charge is -2.16. The summed E-state index contributed by atoms with van der Waals surface area (Å²) in [6.07, 6.45) is 2.64. The SMILES string of the molecule is COc1cc(NC(C)CC(C)Cl)ccn1. The van der Waals surface area contributed by atoms with Crippen LogP contribution in [0.3, 0.4) is 0 Å². The van der Waals surface area contributed by atoms with Crippen LogP contribution in [0.2, 0.25) is 0 Å². The van der Waals surface area contributed by atoms with E-state index in [4.69, 9.17) is 16.3 Å². The molecular formula is C11H17ClN2O. The summed E-state index contributed by atoms with van der Waals surface area (Å²) in [5.41, 5.74) is 1.01. The van der Waals surface area contributed by atoms with Gasteiger partial charge in [0.1, 0.15) is 0 Å². The van der Waals surface area contributed by atoms with Gasteiger partial charge in [0, 0.05) is 29.4 Å². The largest absolute Gasteiger partial charge is 0.481 e. The van der Waals surface area contributed by atoms with Gasteiger partial charge in [-0.05, 0) is 26.3 Å². The standard InChI is InChI=1S/C11H17ClN2O/c1-8(12)6-9(2)14-10-4-5-13-11(7-10)15-3/h4-5,7-9H,6H2,1-3H3,(H,13,14). The van der Waals surface area contributed by atoms with Gasteiger partial charge in [0.2, 0.25) is 5.88 Å². The molecular weight excluding hydrogens is 212 g/mol. The molecule has 1 N–H and O–H groups in total. The smallest absolute Gasteiger partial charge is 0.214 e. The summed E-state index contributed by atoms with van der Waals surface area (Å²) in [4.78, 5) is 4.04. The Labute approximate surface area is 95.8 Å². The molecule has 4 heteroatoms. The average molecular weight is 229 g/mol. The number of hydrogen-bond donors (Lipinski definition) is 1. The predicted molar refractivity (Wildman–Crippen MR) is 63.8 cm³/mol. The van der Waals surface area contributed by atoms with Crippen molar-refractivity contribution in [2.45, 2.75) is 31.7 Å². The second-order valence-electron chi connectivity index (χ2n) is 3.65. The molecule has 1 aromatic rings. The number of alkyl halides is 1. The predicted octanol–water partition coefficient (Wildman–Crippen LogP) is 2.91. The van der Waals surface area contributed by atoms with Gasteiger partial charge in [0.25, 0.3) is 0 Å². The molecule has 3 nitrogen and oxygen atoms in total. The molecule has 1 heterocycles. The van der Waals surface area contributed by atoms with Crippen LogP contribution in [0.25, 0.3) is 0 Å². The molecule has 0 aliphatic heterocycles. The maximum Gasteiger partial charge on any atom is 0.214 e. The minimum Gasteiger partial charge on any atom is -0.481 e. The van der Waals surface area contributed by atoms with E-state index in [9.17, 15) is 0 Å². The van der Waals surface area contributed by atoms with Crippen LogP contribution in [0.1, 0.15) is 20.3 Å². The van der Waals surface area contributed by atoms with Crippen molar-refractivity contribution in [1.82, 2.24) is 4.98 Å². The highest BCUT2D eigenvalue weighted by Gasteiger charge is 2.06. The summed E-state index contributed by atoms with van der Waals surface area (Å²) in [6.45, 7) is 4.10. The van der Waals surface area contributed by atoms with Crippen molar-refractivity contribution in [3.05, 3.63) is 18.3 Å². The average Bonchev–Trinajstić information content (AvgIpc) is 2.16. The van der Waals surface area contributed by atoms with Crippen LogP contribution in [0, 0.1) is 0 Å². The van der Waals surface area contributed by atoms with Crippen LogP contribution in [0.4, 0.5) is 5.69 Å². The molecule has 0 aromatic carbocycles. The van der Waals surface area contributed by atoms with Crippen molar-refractivity contribution < 1.29 is 4.74 Å². The zero-order chi connectivity index (χ0) is 11.3. The maximum atomic E-state index is 5.92. The second kappa shape index (κ2) is 5.81. The van der Waals surface area contributed by atoms with E-state index in [1.54, 1.807) is 13.3 Å². The highest BCUT2D eigenvalue weighted by Crippen LogP contribution is 2.16. The van der Waals surface area contributed by atoms with Crippen LogP contribution in [0.5, 0.6) is 5.88 Å². The molecule has 15 heavy (non-hydrogen) atoms. The van der Waals surface area contributed by atoms with Crippen LogP contribution >= 0.6 is 11.6 Å². The molecule has 0 saturated carbocycles. The number of pyridine rings is 1. The first-order chi connectivity index (χ1) is 7.11. The summed E-state index contributed by atoms with van der Waals surface area (Å²) in [6, 6.07) is 4.12. The van der Waals surface area contributed by atoms with E-state index in [-0.39, 0.29) is 5.38 Å². The molecule has 0 saturated heterocycles. The molecule has 0 bridgehead atoms. The van der Waals surface area contributed by atoms with Crippen LogP contribution < -0.4 is 10.1 Å². The topological polar surface area (TPSA) is 34.1 Å². The first-order valence-corrected chi connectivity index (χ1v) is 5.46. The van der Waals surface area contributed by atoms with Gasteiger partial charge in [-0.25, -0.2) is 4.98 Å². The summed E-state index contributed by atoms with van der Waals surface area (Å²) in [7, 11) is 1.61. The van der Waals surface area contributed by atoms with Crippen molar-refractivity contribution in [1.29, 1.82) is 0 Å². The number of nitrogens with zero attached hydrogens (tertiary/aromatic N) is 1. The van der Waals surface area contributed by atoms with Gasteiger partial charge in [0.05, 0.1) is 7.11 Å². The van der Waals surface area contributed by atoms with E-state index >= 15 is 0 Å². The Hall–Kier alpha value is -0.960. The lowest BCUT2D eigenvalue weighted by Crippen LogP contribution is -2.18. The van der Waals surface area contributed by atoms with Crippen LogP contribution in [-0.4, -0.2) is 23.5 Å². The van der Waals surface area contributed by atoms with Crippen LogP contribution in [0.15, 0.2) is 18.3 Å². The molecule has 0 fully saturated rings. The van der Waals surface area contributed by atoms with E-state index in [0.29, 0.717) is 11.9 Å². The summed E-state index contributed by atoms with van der Waals surface area (Å²) in [5.74, 6) is 0.617. The third-order valence-corrected chi connectivity index (χ3v) is 2.21. The van der Waals surface area contributed by atoms with Crippen molar-refractivity contribution >= 4 is 17.3 Å². The molecule has 0 radical (unpaired) electrons. The zero-order valence-corrected chi connectivity index (χ0v) is 10.1. The second-order valence-corrected chi connectivity index (χ2v) is 4.39. The lowest BCUT2D eigenvalue weighted by molar-refractivity contribution is 0.398. The van der Waals surface area contributed by atoms with Gasteiger partial charge < -0.3 is 10.1 Å². The maximum absolute atomic E-state index is 5.92. The lowest BCUT2D eigenvalue weighted by atomic mass is 10.2. The monoisotopic (exact) mass is 228 g/mol. The van der Waals surface area contributed by atoms with E-state index in [0.717, 1.165) is 12.1 Å². The number of halogens is 1. The molecule has 1 aromatic heterocycles. The van der Waals surface area contributed by atoms with Crippen molar-refractivity contribution in [3.63, 3.8) is 0 Å². The van der Waals surface area contributed by atoms with Crippen molar-refractivity contribution in [2.24, 2.45) is 0 Å². The number of rotatable bonds is 5. The Balaban J connectivity index is 2.55. The van der Waals surface area contributed by atoms with Gasteiger partial charge in [-0.1, -0.05) is 0 Å². The number of methoxy groups -OCH3 is 1. The van der Waals surface area contributed by atoms with E-state index in [2.05, 4.69) is 17.2 Å². The number of nitrogens with one attached hydrogen (secondary N) is 1. The fourth-order valence-corrected chi connectivity index (χ4v) is 1.71. The number of ether oxygens (including phenoxy) is 1. The third kappa shape index (κ3) is 4.38. The number of hydrogen-bond acceptors (Lipinski definition) is 3. The quantitative estimate of drug-likeness (QED) is 0.787. The Kier molecular flexibility index (Phi) is 4.69. The molecule has 0 spiro atoms. The normalized spacial score (nSPS) is 14.4. The van der Waals surface area contributed by atoms with E-state index in [1.807, 2.05) is 19.1 Å². The molecule has 2 atom stereocenters. The first kappa shape index (κ1) is 12.1. The van der Waals surface area contributed by atoms with Gasteiger partial charge in [-0.3, -0.25) is 0 Å². The summed E-state index contributed by atoms with van der Waals surface area (Å²) in [5, 5.41) is 3.52. The Morgan fingerprint density at radius 1 is 1.53 bits per heavy atom. The highest BCUT2D eigenvalue weighted by molar-refractivity contribution is 6.20. The summed E-state index contributed by atoms with van der Waals surface area (Å²) < 4.78 is 5.04. The number of aromatic nitrogens is 1. The fourth-order valence-electron chi connectivity index (χ4n) is 1.44.